The number of rotatable bonds is 4. The predicted octanol–water partition coefficient (Wildman–Crippen LogP) is 5.38. The Balaban J connectivity index is 1.64. The molecular weight excluding hydrogens is 372 g/mol. The summed E-state index contributed by atoms with van der Waals surface area (Å²) < 4.78 is 1.71. The molecule has 0 saturated heterocycles. The fourth-order valence-corrected chi connectivity index (χ4v) is 3.73. The van der Waals surface area contributed by atoms with Crippen LogP contribution in [0.4, 0.5) is 11.6 Å². The van der Waals surface area contributed by atoms with Crippen molar-refractivity contribution in [2.45, 2.75) is 13.5 Å². The van der Waals surface area contributed by atoms with Crippen LogP contribution in [0.1, 0.15) is 6.92 Å². The Hall–Kier alpha value is -3.99. The van der Waals surface area contributed by atoms with Gasteiger partial charge in [0.2, 0.25) is 5.95 Å². The molecule has 5 aromatic rings. The topological polar surface area (TPSA) is 59.8 Å². The molecule has 0 aliphatic rings. The van der Waals surface area contributed by atoms with Crippen LogP contribution in [-0.4, -0.2) is 14.5 Å². The molecule has 5 nitrogen and oxygen atoms in total. The van der Waals surface area contributed by atoms with Crippen molar-refractivity contribution in [2.75, 3.05) is 5.32 Å². The van der Waals surface area contributed by atoms with E-state index in [4.69, 9.17) is 0 Å². The molecular formula is C25H20N4O. The van der Waals surface area contributed by atoms with E-state index in [9.17, 15) is 4.79 Å². The van der Waals surface area contributed by atoms with Crippen molar-refractivity contribution in [1.82, 2.24) is 14.5 Å². The largest absolute Gasteiger partial charge is 0.324 e. The minimum Gasteiger partial charge on any atom is -0.324 e. The van der Waals surface area contributed by atoms with Crippen molar-refractivity contribution in [2.24, 2.45) is 0 Å². The standard InChI is InChI=1S/C25H20N4O/c1-2-29-23-20(16-26-25(28-23)27-21-10-4-3-5-11-21)15-22(24(29)30)19-13-12-17-8-6-7-9-18(17)14-19/h3-16H,2H2,1H3,(H,26,27,28). The summed E-state index contributed by atoms with van der Waals surface area (Å²) >= 11 is 0. The van der Waals surface area contributed by atoms with Gasteiger partial charge in [-0.05, 0) is 47.5 Å². The number of fused-ring (bicyclic) bond motifs is 2. The third kappa shape index (κ3) is 3.20. The molecule has 146 valence electrons. The summed E-state index contributed by atoms with van der Waals surface area (Å²) in [6, 6.07) is 25.9. The van der Waals surface area contributed by atoms with Crippen LogP contribution in [0.2, 0.25) is 0 Å². The lowest BCUT2D eigenvalue weighted by atomic mass is 10.0. The first-order chi connectivity index (χ1) is 14.7. The van der Waals surface area contributed by atoms with E-state index >= 15 is 0 Å². The molecule has 1 N–H and O–H groups in total. The van der Waals surface area contributed by atoms with Gasteiger partial charge in [-0.2, -0.15) is 4.98 Å². The van der Waals surface area contributed by atoms with Crippen molar-refractivity contribution >= 4 is 33.4 Å². The Morgan fingerprint density at radius 1 is 0.867 bits per heavy atom. The highest BCUT2D eigenvalue weighted by Gasteiger charge is 2.13. The minimum atomic E-state index is -0.0513. The highest BCUT2D eigenvalue weighted by atomic mass is 16.1. The molecule has 0 unspecified atom stereocenters. The number of hydrogen-bond acceptors (Lipinski definition) is 4. The van der Waals surface area contributed by atoms with Gasteiger partial charge in [-0.15, -0.1) is 0 Å². The van der Waals surface area contributed by atoms with Gasteiger partial charge in [-0.1, -0.05) is 54.6 Å². The summed E-state index contributed by atoms with van der Waals surface area (Å²) in [5.41, 5.74) is 3.02. The normalized spacial score (nSPS) is 11.1. The fourth-order valence-electron chi connectivity index (χ4n) is 3.73. The van der Waals surface area contributed by atoms with Crippen LogP contribution in [0.15, 0.2) is 89.9 Å². The monoisotopic (exact) mass is 392 g/mol. The number of nitrogens with one attached hydrogen (secondary N) is 1. The molecule has 3 aromatic carbocycles. The van der Waals surface area contributed by atoms with Gasteiger partial charge in [0.25, 0.3) is 5.56 Å². The molecule has 2 aromatic heterocycles. The summed E-state index contributed by atoms with van der Waals surface area (Å²) in [6.45, 7) is 2.48. The molecule has 5 rings (SSSR count). The zero-order valence-corrected chi connectivity index (χ0v) is 16.5. The lowest BCUT2D eigenvalue weighted by molar-refractivity contribution is 0.751. The number of hydrogen-bond donors (Lipinski definition) is 1. The number of aryl methyl sites for hydroxylation is 1. The van der Waals surface area contributed by atoms with Gasteiger partial charge < -0.3 is 5.32 Å². The van der Waals surface area contributed by atoms with Crippen molar-refractivity contribution in [3.63, 3.8) is 0 Å². The summed E-state index contributed by atoms with van der Waals surface area (Å²) in [6.07, 6.45) is 1.77. The molecule has 0 amide bonds. The smallest absolute Gasteiger partial charge is 0.260 e. The quantitative estimate of drug-likeness (QED) is 0.446. The van der Waals surface area contributed by atoms with Crippen molar-refractivity contribution in [3.05, 3.63) is 95.4 Å². The average Bonchev–Trinajstić information content (AvgIpc) is 2.79. The van der Waals surface area contributed by atoms with Gasteiger partial charge in [-0.3, -0.25) is 9.36 Å². The number of aromatic nitrogens is 3. The molecule has 5 heteroatoms. The number of nitrogens with zero attached hydrogens (tertiary/aromatic N) is 3. The molecule has 0 aliphatic heterocycles. The van der Waals surface area contributed by atoms with E-state index in [1.807, 2.05) is 67.6 Å². The minimum absolute atomic E-state index is 0.0513. The van der Waals surface area contributed by atoms with Crippen LogP contribution in [0, 0.1) is 0 Å². The lowest BCUT2D eigenvalue weighted by Crippen LogP contribution is -2.22. The third-order valence-electron chi connectivity index (χ3n) is 5.23. The Bertz CT molecular complexity index is 1420. The summed E-state index contributed by atoms with van der Waals surface area (Å²) in [5, 5.41) is 6.29. The Kier molecular flexibility index (Phi) is 4.48. The first kappa shape index (κ1) is 18.1. The molecule has 0 spiro atoms. The number of anilines is 2. The maximum atomic E-state index is 13.3. The zero-order chi connectivity index (χ0) is 20.5. The number of benzene rings is 3. The zero-order valence-electron chi connectivity index (χ0n) is 16.5. The van der Waals surface area contributed by atoms with Crippen LogP contribution in [0.25, 0.3) is 32.9 Å². The molecule has 30 heavy (non-hydrogen) atoms. The second-order valence-electron chi connectivity index (χ2n) is 7.13. The highest BCUT2D eigenvalue weighted by molar-refractivity contribution is 5.89. The van der Waals surface area contributed by atoms with Crippen LogP contribution < -0.4 is 10.9 Å². The molecule has 0 aliphatic carbocycles. The van der Waals surface area contributed by atoms with E-state index in [0.29, 0.717) is 23.7 Å². The average molecular weight is 392 g/mol. The van der Waals surface area contributed by atoms with E-state index in [0.717, 1.165) is 27.4 Å². The van der Waals surface area contributed by atoms with E-state index in [1.165, 1.54) is 0 Å². The first-order valence-corrected chi connectivity index (χ1v) is 9.95. The predicted molar refractivity (Wildman–Crippen MR) is 122 cm³/mol. The fraction of sp³-hybridized carbons (Fsp3) is 0.0800. The van der Waals surface area contributed by atoms with Crippen LogP contribution >= 0.6 is 0 Å². The number of para-hydroxylation sites is 1. The first-order valence-electron chi connectivity index (χ1n) is 9.95. The molecule has 0 radical (unpaired) electrons. The van der Waals surface area contributed by atoms with Gasteiger partial charge in [0.15, 0.2) is 0 Å². The van der Waals surface area contributed by atoms with Crippen LogP contribution in [0.5, 0.6) is 0 Å². The van der Waals surface area contributed by atoms with Gasteiger partial charge in [0, 0.05) is 29.4 Å². The summed E-state index contributed by atoms with van der Waals surface area (Å²) in [7, 11) is 0. The second-order valence-corrected chi connectivity index (χ2v) is 7.13. The van der Waals surface area contributed by atoms with Gasteiger partial charge in [0.1, 0.15) is 5.65 Å². The SMILES string of the molecule is CCn1c(=O)c(-c2ccc3ccccc3c2)cc2cnc(Nc3ccccc3)nc21. The lowest BCUT2D eigenvalue weighted by Gasteiger charge is -2.12. The van der Waals surface area contributed by atoms with Crippen LogP contribution in [-0.2, 0) is 6.54 Å². The molecule has 0 fully saturated rings. The van der Waals surface area contributed by atoms with Gasteiger partial charge in [0.05, 0.1) is 0 Å². The molecule has 2 heterocycles. The van der Waals surface area contributed by atoms with Gasteiger partial charge >= 0.3 is 0 Å². The van der Waals surface area contributed by atoms with Crippen molar-refractivity contribution in [3.8, 4) is 11.1 Å². The Morgan fingerprint density at radius 3 is 2.43 bits per heavy atom. The Labute approximate surface area is 173 Å². The third-order valence-corrected chi connectivity index (χ3v) is 5.23. The molecule has 0 bridgehead atoms. The molecule has 0 atom stereocenters. The van der Waals surface area contributed by atoms with Crippen molar-refractivity contribution in [1.29, 1.82) is 0 Å². The van der Waals surface area contributed by atoms with Gasteiger partial charge in [-0.25, -0.2) is 4.98 Å². The van der Waals surface area contributed by atoms with E-state index < -0.39 is 0 Å². The number of pyridine rings is 1. The maximum absolute atomic E-state index is 13.3. The van der Waals surface area contributed by atoms with E-state index in [-0.39, 0.29) is 5.56 Å². The highest BCUT2D eigenvalue weighted by Crippen LogP contribution is 2.25. The Morgan fingerprint density at radius 2 is 1.63 bits per heavy atom. The van der Waals surface area contributed by atoms with Crippen LogP contribution in [0.3, 0.4) is 0 Å². The van der Waals surface area contributed by atoms with E-state index in [1.54, 1.807) is 10.8 Å². The summed E-state index contributed by atoms with van der Waals surface area (Å²) in [4.78, 5) is 22.4. The second kappa shape index (κ2) is 7.44. The van der Waals surface area contributed by atoms with Crippen molar-refractivity contribution < 1.29 is 0 Å². The maximum Gasteiger partial charge on any atom is 0.260 e. The summed E-state index contributed by atoms with van der Waals surface area (Å²) in [5.74, 6) is 0.466. The van der Waals surface area contributed by atoms with E-state index in [2.05, 4.69) is 33.5 Å². The molecule has 0 saturated carbocycles.